The first-order valence-corrected chi connectivity index (χ1v) is 7.15. The smallest absolute Gasteiger partial charge is 0.184 e. The highest BCUT2D eigenvalue weighted by Crippen LogP contribution is 2.31. The lowest BCUT2D eigenvalue weighted by Gasteiger charge is -2.32. The van der Waals surface area contributed by atoms with E-state index in [0.29, 0.717) is 13.2 Å². The summed E-state index contributed by atoms with van der Waals surface area (Å²) in [6.07, 6.45) is 0.662. The molecule has 0 aliphatic carbocycles. The number of aryl methyl sites for hydroxylation is 2. The Balaban J connectivity index is 1.64. The molecule has 4 atom stereocenters. The zero-order chi connectivity index (χ0) is 14.1. The zero-order valence-electron chi connectivity index (χ0n) is 12.3. The Kier molecular flexibility index (Phi) is 4.08. The second-order valence-electron chi connectivity index (χ2n) is 5.67. The lowest BCUT2D eigenvalue weighted by Crippen LogP contribution is -2.44. The number of hydrogen-bond donors (Lipinski definition) is 0. The minimum Gasteiger partial charge on any atom is -0.376 e. The van der Waals surface area contributed by atoms with Gasteiger partial charge in [-0.3, -0.25) is 0 Å². The molecule has 2 heterocycles. The van der Waals surface area contributed by atoms with Crippen molar-refractivity contribution in [1.29, 1.82) is 0 Å². The molecule has 0 spiro atoms. The van der Waals surface area contributed by atoms with Gasteiger partial charge in [0.1, 0.15) is 12.2 Å². The van der Waals surface area contributed by atoms with Crippen molar-refractivity contribution in [3.05, 3.63) is 34.9 Å². The monoisotopic (exact) mass is 278 g/mol. The fourth-order valence-corrected chi connectivity index (χ4v) is 2.86. The van der Waals surface area contributed by atoms with E-state index >= 15 is 0 Å². The molecule has 0 amide bonds. The minimum absolute atomic E-state index is 0.0302. The van der Waals surface area contributed by atoms with Crippen LogP contribution in [0.5, 0.6) is 0 Å². The van der Waals surface area contributed by atoms with E-state index in [2.05, 4.69) is 32.0 Å². The highest BCUT2D eigenvalue weighted by Gasteiger charge is 2.44. The van der Waals surface area contributed by atoms with Gasteiger partial charge < -0.3 is 18.9 Å². The summed E-state index contributed by atoms with van der Waals surface area (Å²) in [5.41, 5.74) is 3.75. The number of methoxy groups -OCH3 is 1. The van der Waals surface area contributed by atoms with Crippen molar-refractivity contribution in [2.75, 3.05) is 13.7 Å². The molecule has 3 rings (SSSR count). The van der Waals surface area contributed by atoms with Crippen LogP contribution in [0.3, 0.4) is 0 Å². The molecule has 0 aromatic heterocycles. The predicted octanol–water partition coefficient (Wildman–Crippen LogP) is 2.35. The fourth-order valence-electron chi connectivity index (χ4n) is 2.86. The maximum Gasteiger partial charge on any atom is 0.184 e. The SMILES string of the molecule is CO[C@@H]1C[C@H](OCc2cc(C)ccc2C)[C@H]2CO[C@@H]1O2. The van der Waals surface area contributed by atoms with Crippen LogP contribution in [0, 0.1) is 13.8 Å². The van der Waals surface area contributed by atoms with Crippen molar-refractivity contribution < 1.29 is 18.9 Å². The summed E-state index contributed by atoms with van der Waals surface area (Å²) in [7, 11) is 1.69. The van der Waals surface area contributed by atoms with E-state index in [1.165, 1.54) is 16.7 Å². The first-order chi connectivity index (χ1) is 9.67. The maximum absolute atomic E-state index is 6.08. The van der Waals surface area contributed by atoms with E-state index in [1.54, 1.807) is 7.11 Å². The molecule has 2 saturated heterocycles. The van der Waals surface area contributed by atoms with Crippen LogP contribution in [0.2, 0.25) is 0 Å². The van der Waals surface area contributed by atoms with Gasteiger partial charge >= 0.3 is 0 Å². The van der Waals surface area contributed by atoms with Gasteiger partial charge in [-0.25, -0.2) is 0 Å². The van der Waals surface area contributed by atoms with Gasteiger partial charge in [0, 0.05) is 13.5 Å². The number of ether oxygens (including phenoxy) is 4. The van der Waals surface area contributed by atoms with E-state index < -0.39 is 0 Å². The molecular weight excluding hydrogens is 256 g/mol. The van der Waals surface area contributed by atoms with E-state index in [4.69, 9.17) is 18.9 Å². The average molecular weight is 278 g/mol. The van der Waals surface area contributed by atoms with Crippen molar-refractivity contribution in [3.63, 3.8) is 0 Å². The van der Waals surface area contributed by atoms with Crippen molar-refractivity contribution in [1.82, 2.24) is 0 Å². The summed E-state index contributed by atoms with van der Waals surface area (Å²) >= 11 is 0. The molecule has 2 aliphatic rings. The molecule has 2 aliphatic heterocycles. The topological polar surface area (TPSA) is 36.9 Å². The van der Waals surface area contributed by atoms with Crippen molar-refractivity contribution in [2.45, 2.75) is 51.5 Å². The lowest BCUT2D eigenvalue weighted by molar-refractivity contribution is -0.200. The van der Waals surface area contributed by atoms with Crippen molar-refractivity contribution in [3.8, 4) is 0 Å². The molecule has 110 valence electrons. The van der Waals surface area contributed by atoms with Gasteiger partial charge in [-0.2, -0.15) is 0 Å². The number of hydrogen-bond acceptors (Lipinski definition) is 4. The Labute approximate surface area is 120 Å². The van der Waals surface area contributed by atoms with Crippen molar-refractivity contribution in [2.24, 2.45) is 0 Å². The van der Waals surface area contributed by atoms with Crippen LogP contribution >= 0.6 is 0 Å². The first-order valence-electron chi connectivity index (χ1n) is 7.15. The van der Waals surface area contributed by atoms with Crippen LogP contribution in [0.15, 0.2) is 18.2 Å². The molecule has 1 aromatic rings. The van der Waals surface area contributed by atoms with Gasteiger partial charge in [-0.1, -0.05) is 23.8 Å². The van der Waals surface area contributed by atoms with Gasteiger partial charge in [-0.05, 0) is 25.0 Å². The van der Waals surface area contributed by atoms with Crippen LogP contribution < -0.4 is 0 Å². The summed E-state index contributed by atoms with van der Waals surface area (Å²) in [4.78, 5) is 0. The zero-order valence-corrected chi connectivity index (χ0v) is 12.3. The third kappa shape index (κ3) is 2.74. The van der Waals surface area contributed by atoms with Crippen LogP contribution in [0.25, 0.3) is 0 Å². The highest BCUT2D eigenvalue weighted by atomic mass is 16.7. The van der Waals surface area contributed by atoms with Gasteiger partial charge in [0.25, 0.3) is 0 Å². The van der Waals surface area contributed by atoms with E-state index in [1.807, 2.05) is 0 Å². The summed E-state index contributed by atoms with van der Waals surface area (Å²) in [6, 6.07) is 6.44. The van der Waals surface area contributed by atoms with Gasteiger partial charge in [-0.15, -0.1) is 0 Å². The predicted molar refractivity (Wildman–Crippen MR) is 74.5 cm³/mol. The molecule has 2 fully saturated rings. The normalized spacial score (nSPS) is 32.5. The molecule has 2 bridgehead atoms. The third-order valence-electron chi connectivity index (χ3n) is 4.18. The molecule has 1 aromatic carbocycles. The first kappa shape index (κ1) is 14.0. The Morgan fingerprint density at radius 3 is 2.90 bits per heavy atom. The summed E-state index contributed by atoms with van der Waals surface area (Å²) in [6.45, 7) is 5.42. The standard InChI is InChI=1S/C16H22O4/c1-10-4-5-11(2)12(6-10)8-18-13-7-14(17-3)16-19-9-15(13)20-16/h4-6,13-16H,7-9H2,1-3H3/t13-,14+,15+,16+/m0/s1. The Hall–Kier alpha value is -0.940. The third-order valence-corrected chi connectivity index (χ3v) is 4.18. The van der Waals surface area contributed by atoms with E-state index in [0.717, 1.165) is 6.42 Å². The molecule has 0 radical (unpaired) electrons. The molecule has 20 heavy (non-hydrogen) atoms. The number of rotatable bonds is 4. The van der Waals surface area contributed by atoms with Crippen LogP contribution in [0.4, 0.5) is 0 Å². The van der Waals surface area contributed by atoms with Crippen LogP contribution in [-0.4, -0.2) is 38.3 Å². The maximum atomic E-state index is 6.08. The van der Waals surface area contributed by atoms with E-state index in [-0.39, 0.29) is 24.6 Å². The Morgan fingerprint density at radius 2 is 2.10 bits per heavy atom. The van der Waals surface area contributed by atoms with Crippen molar-refractivity contribution >= 4 is 0 Å². The fraction of sp³-hybridized carbons (Fsp3) is 0.625. The lowest BCUT2D eigenvalue weighted by atomic mass is 10.0. The molecule has 0 N–H and O–H groups in total. The Morgan fingerprint density at radius 1 is 1.25 bits per heavy atom. The largest absolute Gasteiger partial charge is 0.376 e. The Bertz CT molecular complexity index is 474. The summed E-state index contributed by atoms with van der Waals surface area (Å²) < 4.78 is 22.9. The molecule has 4 heteroatoms. The van der Waals surface area contributed by atoms with E-state index in [9.17, 15) is 0 Å². The number of fused-ring (bicyclic) bond motifs is 2. The second-order valence-corrected chi connectivity index (χ2v) is 5.67. The van der Waals surface area contributed by atoms with Gasteiger partial charge in [0.15, 0.2) is 6.29 Å². The molecular formula is C16H22O4. The van der Waals surface area contributed by atoms with Gasteiger partial charge in [0.05, 0.1) is 19.3 Å². The quantitative estimate of drug-likeness (QED) is 0.847. The summed E-state index contributed by atoms with van der Waals surface area (Å²) in [5.74, 6) is 0. The minimum atomic E-state index is -0.217. The molecule has 4 nitrogen and oxygen atoms in total. The van der Waals surface area contributed by atoms with Crippen LogP contribution in [0.1, 0.15) is 23.1 Å². The van der Waals surface area contributed by atoms with Gasteiger partial charge in [0.2, 0.25) is 0 Å². The molecule has 0 unspecified atom stereocenters. The highest BCUT2D eigenvalue weighted by molar-refractivity contribution is 5.29. The molecule has 0 saturated carbocycles. The number of benzene rings is 1. The van der Waals surface area contributed by atoms with Crippen LogP contribution in [-0.2, 0) is 25.6 Å². The summed E-state index contributed by atoms with van der Waals surface area (Å²) in [5, 5.41) is 0. The average Bonchev–Trinajstić information content (AvgIpc) is 2.86. The second kappa shape index (κ2) is 5.82.